The maximum Gasteiger partial charge on any atom is 0.450 e. The molecule has 0 saturated carbocycles. The van der Waals surface area contributed by atoms with Crippen molar-refractivity contribution in [3.05, 3.63) is 65.7 Å². The third-order valence-corrected chi connectivity index (χ3v) is 3.51. The van der Waals surface area contributed by atoms with Crippen LogP contribution in [-0.2, 0) is 4.79 Å². The number of hydrogen-bond donors (Lipinski definition) is 0. The standard InChI is InChI=1S/C21H15F3O2/c1-26-19-13-11-16(12-14-19)7-5-6-10-18(15-20(25)21(22,23)24)17-8-3-2-4-9-17/h2-4,8-9,11-14,18H,15H2,1H3. The van der Waals surface area contributed by atoms with E-state index in [1.54, 1.807) is 61.7 Å². The van der Waals surface area contributed by atoms with Gasteiger partial charge in [0.2, 0.25) is 5.78 Å². The molecule has 0 saturated heterocycles. The lowest BCUT2D eigenvalue weighted by atomic mass is 9.94. The Morgan fingerprint density at radius 1 is 1.04 bits per heavy atom. The Balaban J connectivity index is 2.19. The van der Waals surface area contributed by atoms with E-state index in [1.807, 2.05) is 0 Å². The second kappa shape index (κ2) is 8.78. The Kier molecular flexibility index (Phi) is 6.47. The zero-order valence-corrected chi connectivity index (χ0v) is 13.9. The van der Waals surface area contributed by atoms with E-state index in [1.165, 1.54) is 0 Å². The predicted octanol–water partition coefficient (Wildman–Crippen LogP) is 4.36. The number of methoxy groups -OCH3 is 1. The van der Waals surface area contributed by atoms with Gasteiger partial charge >= 0.3 is 6.18 Å². The third-order valence-electron chi connectivity index (χ3n) is 3.51. The third kappa shape index (κ3) is 5.72. The Morgan fingerprint density at radius 2 is 1.69 bits per heavy atom. The number of ether oxygens (including phenoxy) is 1. The molecule has 0 aromatic heterocycles. The lowest BCUT2D eigenvalue weighted by Gasteiger charge is -2.11. The minimum atomic E-state index is -4.87. The summed E-state index contributed by atoms with van der Waals surface area (Å²) in [4.78, 5) is 11.3. The summed E-state index contributed by atoms with van der Waals surface area (Å²) in [5.41, 5.74) is 1.24. The van der Waals surface area contributed by atoms with Gasteiger partial charge in [0.25, 0.3) is 0 Å². The second-order valence-corrected chi connectivity index (χ2v) is 5.34. The largest absolute Gasteiger partial charge is 0.497 e. The van der Waals surface area contributed by atoms with Crippen LogP contribution in [0.2, 0.25) is 0 Å². The first-order valence-corrected chi connectivity index (χ1v) is 7.70. The van der Waals surface area contributed by atoms with Gasteiger partial charge in [-0.25, -0.2) is 0 Å². The van der Waals surface area contributed by atoms with Crippen LogP contribution in [0.1, 0.15) is 23.5 Å². The van der Waals surface area contributed by atoms with E-state index in [0.717, 1.165) is 0 Å². The molecule has 0 radical (unpaired) electrons. The number of alkyl halides is 3. The lowest BCUT2D eigenvalue weighted by Crippen LogP contribution is -2.24. The summed E-state index contributed by atoms with van der Waals surface area (Å²) in [7, 11) is 1.55. The van der Waals surface area contributed by atoms with Gasteiger partial charge < -0.3 is 4.74 Å². The molecule has 1 unspecified atom stereocenters. The van der Waals surface area contributed by atoms with Crippen LogP contribution in [0.5, 0.6) is 5.75 Å². The quantitative estimate of drug-likeness (QED) is 0.761. The molecular weight excluding hydrogens is 341 g/mol. The number of carbonyl (C=O) groups excluding carboxylic acids is 1. The molecule has 0 heterocycles. The summed E-state index contributed by atoms with van der Waals surface area (Å²) in [6.45, 7) is 0. The maximum absolute atomic E-state index is 12.6. The van der Waals surface area contributed by atoms with Gasteiger partial charge in [-0.15, -0.1) is 0 Å². The van der Waals surface area contributed by atoms with E-state index >= 15 is 0 Å². The van der Waals surface area contributed by atoms with Crippen LogP contribution >= 0.6 is 0 Å². The van der Waals surface area contributed by atoms with Crippen molar-refractivity contribution < 1.29 is 22.7 Å². The van der Waals surface area contributed by atoms with Crippen LogP contribution < -0.4 is 4.74 Å². The molecule has 1 atom stereocenters. The van der Waals surface area contributed by atoms with Gasteiger partial charge in [-0.05, 0) is 41.7 Å². The van der Waals surface area contributed by atoms with Gasteiger partial charge in [-0.2, -0.15) is 13.2 Å². The van der Waals surface area contributed by atoms with Crippen molar-refractivity contribution in [2.45, 2.75) is 18.5 Å². The maximum atomic E-state index is 12.6. The highest BCUT2D eigenvalue weighted by Gasteiger charge is 2.39. The van der Waals surface area contributed by atoms with E-state index in [9.17, 15) is 18.0 Å². The zero-order chi connectivity index (χ0) is 19.0. The van der Waals surface area contributed by atoms with Crippen LogP contribution in [0.25, 0.3) is 0 Å². The van der Waals surface area contributed by atoms with Gasteiger partial charge in [0.05, 0.1) is 13.0 Å². The van der Waals surface area contributed by atoms with Crippen LogP contribution in [0.3, 0.4) is 0 Å². The molecule has 0 amide bonds. The highest BCUT2D eigenvalue weighted by molar-refractivity contribution is 5.85. The fourth-order valence-electron chi connectivity index (χ4n) is 2.14. The molecule has 2 aromatic rings. The van der Waals surface area contributed by atoms with Crippen molar-refractivity contribution in [2.24, 2.45) is 0 Å². The summed E-state index contributed by atoms with van der Waals surface area (Å²) in [6.07, 6.45) is -5.60. The minimum absolute atomic E-state index is 0.545. The molecule has 0 aliphatic heterocycles. The van der Waals surface area contributed by atoms with Gasteiger partial charge in [0, 0.05) is 12.0 Å². The van der Waals surface area contributed by atoms with Crippen molar-refractivity contribution >= 4 is 5.78 Å². The van der Waals surface area contributed by atoms with E-state index in [0.29, 0.717) is 16.9 Å². The number of halogens is 3. The fourth-order valence-corrected chi connectivity index (χ4v) is 2.14. The number of rotatable bonds is 4. The zero-order valence-electron chi connectivity index (χ0n) is 13.9. The van der Waals surface area contributed by atoms with E-state index in [-0.39, 0.29) is 0 Å². The lowest BCUT2D eigenvalue weighted by molar-refractivity contribution is -0.171. The number of carbonyl (C=O) groups is 1. The molecule has 132 valence electrons. The molecule has 0 bridgehead atoms. The Labute approximate surface area is 150 Å². The smallest absolute Gasteiger partial charge is 0.450 e. The number of benzene rings is 2. The topological polar surface area (TPSA) is 26.3 Å². The number of ketones is 1. The molecule has 2 rings (SSSR count). The van der Waals surface area contributed by atoms with Crippen molar-refractivity contribution in [2.75, 3.05) is 7.11 Å². The molecular formula is C21H15F3O2. The molecule has 0 spiro atoms. The van der Waals surface area contributed by atoms with Gasteiger partial charge in [-0.3, -0.25) is 4.79 Å². The normalized spacial score (nSPS) is 11.4. The van der Waals surface area contributed by atoms with Crippen molar-refractivity contribution in [3.63, 3.8) is 0 Å². The van der Waals surface area contributed by atoms with E-state index in [2.05, 4.69) is 23.7 Å². The molecule has 2 nitrogen and oxygen atoms in total. The molecule has 0 aliphatic carbocycles. The van der Waals surface area contributed by atoms with E-state index < -0.39 is 24.3 Å². The van der Waals surface area contributed by atoms with Gasteiger partial charge in [0.1, 0.15) is 5.75 Å². The average Bonchev–Trinajstić information content (AvgIpc) is 2.64. The predicted molar refractivity (Wildman–Crippen MR) is 92.5 cm³/mol. The molecule has 26 heavy (non-hydrogen) atoms. The van der Waals surface area contributed by atoms with Crippen LogP contribution in [0, 0.1) is 23.7 Å². The summed E-state index contributed by atoms with van der Waals surface area (Å²) < 4.78 is 42.7. The minimum Gasteiger partial charge on any atom is -0.497 e. The van der Waals surface area contributed by atoms with Crippen molar-refractivity contribution in [3.8, 4) is 29.4 Å². The summed E-state index contributed by atoms with van der Waals surface area (Å²) in [6, 6.07) is 15.4. The first-order chi connectivity index (χ1) is 12.4. The highest BCUT2D eigenvalue weighted by Crippen LogP contribution is 2.25. The first kappa shape index (κ1) is 19.1. The van der Waals surface area contributed by atoms with Gasteiger partial charge in [0.15, 0.2) is 0 Å². The number of Topliss-reactive ketones (excluding diaryl/α,β-unsaturated/α-hetero) is 1. The average molecular weight is 356 g/mol. The monoisotopic (exact) mass is 356 g/mol. The fraction of sp³-hybridized carbons (Fsp3) is 0.190. The van der Waals surface area contributed by atoms with Crippen LogP contribution in [-0.4, -0.2) is 19.1 Å². The molecule has 0 N–H and O–H groups in total. The summed E-state index contributed by atoms with van der Waals surface area (Å²) in [5, 5.41) is 0. The number of hydrogen-bond acceptors (Lipinski definition) is 2. The molecule has 5 heteroatoms. The highest BCUT2D eigenvalue weighted by atomic mass is 19.4. The summed E-state index contributed by atoms with van der Waals surface area (Å²) >= 11 is 0. The molecule has 2 aromatic carbocycles. The van der Waals surface area contributed by atoms with Crippen molar-refractivity contribution in [1.29, 1.82) is 0 Å². The van der Waals surface area contributed by atoms with Gasteiger partial charge in [-0.1, -0.05) is 42.2 Å². The molecule has 0 aliphatic rings. The van der Waals surface area contributed by atoms with Crippen LogP contribution in [0.4, 0.5) is 13.2 Å². The van der Waals surface area contributed by atoms with Crippen LogP contribution in [0.15, 0.2) is 54.6 Å². The van der Waals surface area contributed by atoms with Crippen molar-refractivity contribution in [1.82, 2.24) is 0 Å². The SMILES string of the molecule is COc1ccc(C#CC#CC(CC(=O)C(F)(F)F)c2ccccc2)cc1. The summed E-state index contributed by atoms with van der Waals surface area (Å²) in [5.74, 6) is 8.65. The Morgan fingerprint density at radius 3 is 2.27 bits per heavy atom. The Hall–Kier alpha value is -3.18. The second-order valence-electron chi connectivity index (χ2n) is 5.34. The molecule has 0 fully saturated rings. The first-order valence-electron chi connectivity index (χ1n) is 7.70. The Bertz CT molecular complexity index is 861. The van der Waals surface area contributed by atoms with E-state index in [4.69, 9.17) is 4.74 Å².